The predicted octanol–water partition coefficient (Wildman–Crippen LogP) is 3.68. The van der Waals surface area contributed by atoms with Gasteiger partial charge in [-0.3, -0.25) is 4.79 Å². The van der Waals surface area contributed by atoms with E-state index in [1.807, 2.05) is 60.8 Å². The molecule has 1 amide bonds. The Morgan fingerprint density at radius 1 is 1.20 bits per heavy atom. The standard InChI is InChI=1S/C21H18N6O2S/c1-14-6-2-3-7-15(14)21-22-25-26(24-21)13-20(28)27-17(18-8-4-10-29-18)12-16(23-27)19-9-5-11-30-19/h2-11,17H,12-13H2,1H3/t17-/m0/s1. The molecule has 9 heteroatoms. The van der Waals surface area contributed by atoms with Crippen molar-refractivity contribution in [3.63, 3.8) is 0 Å². The summed E-state index contributed by atoms with van der Waals surface area (Å²) in [6.07, 6.45) is 2.20. The molecule has 0 fully saturated rings. The molecule has 1 aliphatic heterocycles. The van der Waals surface area contributed by atoms with E-state index >= 15 is 0 Å². The van der Waals surface area contributed by atoms with Crippen LogP contribution in [0.25, 0.3) is 11.4 Å². The van der Waals surface area contributed by atoms with E-state index in [1.165, 1.54) is 9.81 Å². The van der Waals surface area contributed by atoms with E-state index in [-0.39, 0.29) is 18.5 Å². The second-order valence-electron chi connectivity index (χ2n) is 6.96. The van der Waals surface area contributed by atoms with Crippen molar-refractivity contribution >= 4 is 23.0 Å². The second-order valence-corrected chi connectivity index (χ2v) is 7.90. The van der Waals surface area contributed by atoms with Gasteiger partial charge in [-0.25, -0.2) is 5.01 Å². The van der Waals surface area contributed by atoms with Crippen LogP contribution in [0.5, 0.6) is 0 Å². The van der Waals surface area contributed by atoms with Crippen LogP contribution in [0.3, 0.4) is 0 Å². The number of rotatable bonds is 5. The molecule has 1 atom stereocenters. The highest BCUT2D eigenvalue weighted by atomic mass is 32.1. The van der Waals surface area contributed by atoms with E-state index in [2.05, 4.69) is 20.5 Å². The SMILES string of the molecule is Cc1ccccc1-c1nnn(CC(=O)N2N=C(c3cccs3)C[C@H]2c2ccco2)n1. The number of hydrogen-bond acceptors (Lipinski definition) is 7. The predicted molar refractivity (Wildman–Crippen MR) is 112 cm³/mol. The summed E-state index contributed by atoms with van der Waals surface area (Å²) >= 11 is 1.60. The third kappa shape index (κ3) is 3.43. The van der Waals surface area contributed by atoms with Gasteiger partial charge in [-0.1, -0.05) is 30.3 Å². The lowest BCUT2D eigenvalue weighted by atomic mass is 10.1. The Bertz CT molecular complexity index is 1200. The minimum atomic E-state index is -0.288. The van der Waals surface area contributed by atoms with Gasteiger partial charge in [-0.15, -0.1) is 21.5 Å². The number of thiophene rings is 1. The molecular weight excluding hydrogens is 400 g/mol. The van der Waals surface area contributed by atoms with Crippen molar-refractivity contribution in [1.29, 1.82) is 0 Å². The summed E-state index contributed by atoms with van der Waals surface area (Å²) < 4.78 is 5.57. The highest BCUT2D eigenvalue weighted by Gasteiger charge is 2.35. The Labute approximate surface area is 176 Å². The van der Waals surface area contributed by atoms with E-state index in [0.29, 0.717) is 18.0 Å². The van der Waals surface area contributed by atoms with Gasteiger partial charge in [0.05, 0.1) is 16.9 Å². The molecule has 8 nitrogen and oxygen atoms in total. The maximum Gasteiger partial charge on any atom is 0.267 e. The Morgan fingerprint density at radius 3 is 2.87 bits per heavy atom. The number of nitrogens with zero attached hydrogens (tertiary/aromatic N) is 6. The monoisotopic (exact) mass is 418 g/mol. The summed E-state index contributed by atoms with van der Waals surface area (Å²) in [4.78, 5) is 15.5. The van der Waals surface area contributed by atoms with Crippen molar-refractivity contribution < 1.29 is 9.21 Å². The molecule has 30 heavy (non-hydrogen) atoms. The zero-order chi connectivity index (χ0) is 20.5. The van der Waals surface area contributed by atoms with E-state index in [9.17, 15) is 4.79 Å². The van der Waals surface area contributed by atoms with Crippen molar-refractivity contribution in [1.82, 2.24) is 25.2 Å². The smallest absolute Gasteiger partial charge is 0.267 e. The number of tetrazole rings is 1. The molecular formula is C21H18N6O2S. The first-order chi connectivity index (χ1) is 14.7. The summed E-state index contributed by atoms with van der Waals surface area (Å²) in [7, 11) is 0. The van der Waals surface area contributed by atoms with Gasteiger partial charge < -0.3 is 4.42 Å². The van der Waals surface area contributed by atoms with Crippen molar-refractivity contribution in [3.05, 3.63) is 76.4 Å². The molecule has 4 aromatic rings. The number of carbonyl (C=O) groups is 1. The van der Waals surface area contributed by atoms with Gasteiger partial charge in [-0.05, 0) is 41.3 Å². The molecule has 0 aliphatic carbocycles. The molecule has 4 heterocycles. The lowest BCUT2D eigenvalue weighted by Crippen LogP contribution is -2.31. The summed E-state index contributed by atoms with van der Waals surface area (Å²) in [5.41, 5.74) is 2.81. The van der Waals surface area contributed by atoms with Crippen LogP contribution in [0.1, 0.15) is 28.7 Å². The first kappa shape index (κ1) is 18.4. The first-order valence-electron chi connectivity index (χ1n) is 9.49. The quantitative estimate of drug-likeness (QED) is 0.493. The zero-order valence-electron chi connectivity index (χ0n) is 16.2. The molecule has 150 valence electrons. The fourth-order valence-corrected chi connectivity index (χ4v) is 4.19. The van der Waals surface area contributed by atoms with Crippen LogP contribution >= 0.6 is 11.3 Å². The second kappa shape index (κ2) is 7.68. The highest BCUT2D eigenvalue weighted by Crippen LogP contribution is 2.34. The van der Waals surface area contributed by atoms with Gasteiger partial charge >= 0.3 is 0 Å². The molecule has 0 bridgehead atoms. The largest absolute Gasteiger partial charge is 0.467 e. The molecule has 1 aliphatic rings. The molecule has 0 unspecified atom stereocenters. The van der Waals surface area contributed by atoms with Crippen LogP contribution in [0, 0.1) is 6.92 Å². The lowest BCUT2D eigenvalue weighted by Gasteiger charge is -2.19. The Morgan fingerprint density at radius 2 is 2.10 bits per heavy atom. The summed E-state index contributed by atoms with van der Waals surface area (Å²) in [6.45, 7) is 1.93. The molecule has 0 saturated heterocycles. The summed E-state index contributed by atoms with van der Waals surface area (Å²) in [5.74, 6) is 0.968. The van der Waals surface area contributed by atoms with Gasteiger partial charge in [0.25, 0.3) is 5.91 Å². The van der Waals surface area contributed by atoms with Crippen LogP contribution in [-0.4, -0.2) is 36.8 Å². The van der Waals surface area contributed by atoms with Crippen LogP contribution in [-0.2, 0) is 11.3 Å². The van der Waals surface area contributed by atoms with Crippen molar-refractivity contribution in [2.24, 2.45) is 5.10 Å². The lowest BCUT2D eigenvalue weighted by molar-refractivity contribution is -0.134. The fourth-order valence-electron chi connectivity index (χ4n) is 3.47. The first-order valence-corrected chi connectivity index (χ1v) is 10.4. The topological polar surface area (TPSA) is 89.4 Å². The van der Waals surface area contributed by atoms with Crippen molar-refractivity contribution in [2.45, 2.75) is 25.9 Å². The third-order valence-corrected chi connectivity index (χ3v) is 5.88. The van der Waals surface area contributed by atoms with E-state index in [1.54, 1.807) is 17.6 Å². The molecule has 0 radical (unpaired) electrons. The maximum absolute atomic E-state index is 13.1. The van der Waals surface area contributed by atoms with Crippen LogP contribution < -0.4 is 0 Å². The maximum atomic E-state index is 13.1. The minimum Gasteiger partial charge on any atom is -0.467 e. The summed E-state index contributed by atoms with van der Waals surface area (Å²) in [5, 5.41) is 20.6. The van der Waals surface area contributed by atoms with E-state index in [4.69, 9.17) is 4.42 Å². The molecule has 0 N–H and O–H groups in total. The number of carbonyl (C=O) groups excluding carboxylic acids is 1. The minimum absolute atomic E-state index is 0.0582. The molecule has 5 rings (SSSR count). The Kier molecular flexibility index (Phi) is 4.72. The fraction of sp³-hybridized carbons (Fsp3) is 0.190. The number of aryl methyl sites for hydroxylation is 1. The normalized spacial score (nSPS) is 16.1. The Balaban J connectivity index is 1.39. The number of furan rings is 1. The van der Waals surface area contributed by atoms with Gasteiger partial charge in [0, 0.05) is 12.0 Å². The summed E-state index contributed by atoms with van der Waals surface area (Å²) in [6, 6.07) is 15.2. The average molecular weight is 418 g/mol. The third-order valence-electron chi connectivity index (χ3n) is 4.96. The number of hydrogen-bond donors (Lipinski definition) is 0. The number of aromatic nitrogens is 4. The van der Waals surface area contributed by atoms with Crippen molar-refractivity contribution in [2.75, 3.05) is 0 Å². The molecule has 0 spiro atoms. The molecule has 1 aromatic carbocycles. The van der Waals surface area contributed by atoms with Crippen LogP contribution in [0.15, 0.2) is 69.7 Å². The number of hydrazone groups is 1. The van der Waals surface area contributed by atoms with Crippen molar-refractivity contribution in [3.8, 4) is 11.4 Å². The number of benzene rings is 1. The van der Waals surface area contributed by atoms with Crippen LogP contribution in [0.4, 0.5) is 0 Å². The van der Waals surface area contributed by atoms with E-state index < -0.39 is 0 Å². The Hall–Kier alpha value is -3.59. The van der Waals surface area contributed by atoms with E-state index in [0.717, 1.165) is 21.7 Å². The zero-order valence-corrected chi connectivity index (χ0v) is 17.0. The van der Waals surface area contributed by atoms with Gasteiger partial charge in [0.1, 0.15) is 18.3 Å². The van der Waals surface area contributed by atoms with Crippen LogP contribution in [0.2, 0.25) is 0 Å². The van der Waals surface area contributed by atoms with Gasteiger partial charge in [0.2, 0.25) is 5.82 Å². The number of amides is 1. The molecule has 0 saturated carbocycles. The average Bonchev–Trinajstić information content (AvgIpc) is 3.54. The highest BCUT2D eigenvalue weighted by molar-refractivity contribution is 7.12. The molecule has 3 aromatic heterocycles. The van der Waals surface area contributed by atoms with Gasteiger partial charge in [0.15, 0.2) is 0 Å². The van der Waals surface area contributed by atoms with Gasteiger partial charge in [-0.2, -0.15) is 9.90 Å².